The minimum absolute atomic E-state index is 0.0966. The molecule has 1 aliphatic rings. The summed E-state index contributed by atoms with van der Waals surface area (Å²) < 4.78 is 38.4. The lowest BCUT2D eigenvalue weighted by Gasteiger charge is -2.19. The van der Waals surface area contributed by atoms with Crippen LogP contribution in [0.5, 0.6) is 11.5 Å². The van der Waals surface area contributed by atoms with Crippen LogP contribution in [0.1, 0.15) is 31.4 Å². The van der Waals surface area contributed by atoms with Crippen molar-refractivity contribution in [2.24, 2.45) is 11.0 Å². The van der Waals surface area contributed by atoms with Crippen LogP contribution in [0, 0.1) is 12.8 Å². The highest BCUT2D eigenvalue weighted by molar-refractivity contribution is 7.89. The third kappa shape index (κ3) is 5.58. The van der Waals surface area contributed by atoms with Crippen LogP contribution >= 0.6 is 0 Å². The summed E-state index contributed by atoms with van der Waals surface area (Å²) in [5.41, 5.74) is 4.07. The molecule has 0 fully saturated rings. The quantitative estimate of drug-likeness (QED) is 0.494. The van der Waals surface area contributed by atoms with Gasteiger partial charge >= 0.3 is 0 Å². The van der Waals surface area contributed by atoms with Crippen LogP contribution in [-0.4, -0.2) is 33.4 Å². The van der Waals surface area contributed by atoms with E-state index in [0.717, 1.165) is 5.56 Å². The fraction of sp³-hybridized carbons (Fsp3) is 0.333. The average molecular weight is 432 g/mol. The zero-order chi connectivity index (χ0) is 21.7. The zero-order valence-electron chi connectivity index (χ0n) is 17.1. The molecule has 1 aliphatic heterocycles. The van der Waals surface area contributed by atoms with Crippen molar-refractivity contribution in [2.45, 2.75) is 38.1 Å². The van der Waals surface area contributed by atoms with Gasteiger partial charge in [-0.2, -0.15) is 9.82 Å². The molecule has 1 atom stereocenters. The molecule has 0 saturated heterocycles. The van der Waals surface area contributed by atoms with Crippen molar-refractivity contribution in [3.8, 4) is 11.5 Å². The SMILES string of the molecule is Cc1ccc(S(=O)(=O)N[C@@H](CC(C)C)C(=O)N/N=C\c2ccc3c(c2)OCO3)cc1. The first-order valence-corrected chi connectivity index (χ1v) is 11.0. The first-order valence-electron chi connectivity index (χ1n) is 9.56. The van der Waals surface area contributed by atoms with Crippen LogP contribution < -0.4 is 19.6 Å². The molecule has 1 amide bonds. The number of hydrazone groups is 1. The van der Waals surface area contributed by atoms with Gasteiger partial charge in [-0.1, -0.05) is 31.5 Å². The number of ether oxygens (including phenoxy) is 2. The molecule has 8 nitrogen and oxygen atoms in total. The van der Waals surface area contributed by atoms with Crippen LogP contribution in [0.25, 0.3) is 0 Å². The molecule has 2 N–H and O–H groups in total. The Bertz CT molecular complexity index is 1030. The van der Waals surface area contributed by atoms with Crippen LogP contribution in [-0.2, 0) is 14.8 Å². The number of hydrogen-bond acceptors (Lipinski definition) is 6. The summed E-state index contributed by atoms with van der Waals surface area (Å²) in [7, 11) is -3.84. The van der Waals surface area contributed by atoms with Crippen molar-refractivity contribution in [1.82, 2.24) is 10.1 Å². The third-order valence-electron chi connectivity index (χ3n) is 4.44. The molecule has 2 aromatic carbocycles. The van der Waals surface area contributed by atoms with Gasteiger partial charge in [0.25, 0.3) is 5.91 Å². The Morgan fingerprint density at radius 1 is 1.13 bits per heavy atom. The molecule has 0 saturated carbocycles. The number of carbonyl (C=O) groups is 1. The normalized spacial score (nSPS) is 14.3. The predicted octanol–water partition coefficient (Wildman–Crippen LogP) is 2.57. The molecule has 3 rings (SSSR count). The molecular weight excluding hydrogens is 406 g/mol. The van der Waals surface area contributed by atoms with E-state index >= 15 is 0 Å². The van der Waals surface area contributed by atoms with Gasteiger partial charge in [-0.15, -0.1) is 0 Å². The molecule has 0 spiro atoms. The van der Waals surface area contributed by atoms with Crippen molar-refractivity contribution in [2.75, 3.05) is 6.79 Å². The Labute approximate surface area is 176 Å². The van der Waals surface area contributed by atoms with Crippen molar-refractivity contribution >= 4 is 22.1 Å². The van der Waals surface area contributed by atoms with E-state index in [2.05, 4.69) is 15.2 Å². The standard InChI is InChI=1S/C21H25N3O5S/c1-14(2)10-18(24-30(26,27)17-7-4-15(3)5-8-17)21(25)23-22-12-16-6-9-19-20(11-16)29-13-28-19/h4-9,11-12,14,18,24H,10,13H2,1-3H3,(H,23,25)/b22-12-/t18-/m0/s1. The summed E-state index contributed by atoms with van der Waals surface area (Å²) in [6.45, 7) is 5.87. The molecule has 160 valence electrons. The molecule has 0 unspecified atom stereocenters. The third-order valence-corrected chi connectivity index (χ3v) is 5.92. The second kappa shape index (κ2) is 9.27. The number of sulfonamides is 1. The Balaban J connectivity index is 1.68. The summed E-state index contributed by atoms with van der Waals surface area (Å²) in [5.74, 6) is 0.822. The second-order valence-corrected chi connectivity index (χ2v) is 9.18. The molecule has 2 aromatic rings. The summed E-state index contributed by atoms with van der Waals surface area (Å²) in [6, 6.07) is 10.8. The average Bonchev–Trinajstić information content (AvgIpc) is 3.15. The lowest BCUT2D eigenvalue weighted by molar-refractivity contribution is -0.123. The van der Waals surface area contributed by atoms with E-state index in [4.69, 9.17) is 9.47 Å². The lowest BCUT2D eigenvalue weighted by atomic mass is 10.0. The maximum atomic E-state index is 12.7. The number of amides is 1. The van der Waals surface area contributed by atoms with Gasteiger partial charge in [0.15, 0.2) is 11.5 Å². The fourth-order valence-electron chi connectivity index (χ4n) is 2.89. The maximum Gasteiger partial charge on any atom is 0.258 e. The van der Waals surface area contributed by atoms with E-state index in [1.54, 1.807) is 30.3 Å². The topological polar surface area (TPSA) is 106 Å². The number of nitrogens with one attached hydrogen (secondary N) is 2. The van der Waals surface area contributed by atoms with Crippen LogP contribution in [0.15, 0.2) is 52.5 Å². The van der Waals surface area contributed by atoms with Crippen molar-refractivity contribution in [3.05, 3.63) is 53.6 Å². The van der Waals surface area contributed by atoms with Gasteiger partial charge in [0.1, 0.15) is 6.04 Å². The molecule has 1 heterocycles. The van der Waals surface area contributed by atoms with E-state index < -0.39 is 22.0 Å². The zero-order valence-corrected chi connectivity index (χ0v) is 17.9. The fourth-order valence-corrected chi connectivity index (χ4v) is 4.10. The summed E-state index contributed by atoms with van der Waals surface area (Å²) in [6.07, 6.45) is 1.79. The smallest absolute Gasteiger partial charge is 0.258 e. The number of nitrogens with zero attached hydrogens (tertiary/aromatic N) is 1. The number of benzene rings is 2. The summed E-state index contributed by atoms with van der Waals surface area (Å²) >= 11 is 0. The lowest BCUT2D eigenvalue weighted by Crippen LogP contribution is -2.46. The number of hydrogen-bond donors (Lipinski definition) is 2. The van der Waals surface area contributed by atoms with E-state index in [1.165, 1.54) is 18.3 Å². The van der Waals surface area contributed by atoms with E-state index in [1.807, 2.05) is 20.8 Å². The Hall–Kier alpha value is -2.91. The number of aryl methyl sites for hydroxylation is 1. The molecule has 0 radical (unpaired) electrons. The molecule has 9 heteroatoms. The largest absolute Gasteiger partial charge is 0.454 e. The second-order valence-electron chi connectivity index (χ2n) is 7.46. The predicted molar refractivity (Wildman–Crippen MR) is 113 cm³/mol. The van der Waals surface area contributed by atoms with Crippen LogP contribution in [0.4, 0.5) is 0 Å². The first kappa shape index (κ1) is 21.8. The minimum atomic E-state index is -3.84. The van der Waals surface area contributed by atoms with Gasteiger partial charge in [0.05, 0.1) is 11.1 Å². The maximum absolute atomic E-state index is 12.7. The summed E-state index contributed by atoms with van der Waals surface area (Å²) in [4.78, 5) is 12.7. The van der Waals surface area contributed by atoms with Gasteiger partial charge in [0, 0.05) is 0 Å². The first-order chi connectivity index (χ1) is 14.2. The van der Waals surface area contributed by atoms with E-state index in [9.17, 15) is 13.2 Å². The number of fused-ring (bicyclic) bond motifs is 1. The highest BCUT2D eigenvalue weighted by Crippen LogP contribution is 2.31. The molecule has 0 aromatic heterocycles. The van der Waals surface area contributed by atoms with Gasteiger partial charge in [-0.3, -0.25) is 4.79 Å². The highest BCUT2D eigenvalue weighted by atomic mass is 32.2. The van der Waals surface area contributed by atoms with Crippen LogP contribution in [0.2, 0.25) is 0 Å². The number of rotatable bonds is 8. The van der Waals surface area contributed by atoms with Gasteiger partial charge in [-0.05, 0) is 55.2 Å². The Morgan fingerprint density at radius 2 is 1.83 bits per heavy atom. The van der Waals surface area contributed by atoms with E-state index in [-0.39, 0.29) is 17.6 Å². The van der Waals surface area contributed by atoms with Crippen LogP contribution in [0.3, 0.4) is 0 Å². The van der Waals surface area contributed by atoms with Gasteiger partial charge in [-0.25, -0.2) is 13.8 Å². The molecular formula is C21H25N3O5S. The monoisotopic (exact) mass is 431 g/mol. The number of carbonyl (C=O) groups excluding carboxylic acids is 1. The molecule has 30 heavy (non-hydrogen) atoms. The van der Waals surface area contributed by atoms with Crippen molar-refractivity contribution < 1.29 is 22.7 Å². The van der Waals surface area contributed by atoms with Gasteiger partial charge < -0.3 is 9.47 Å². The Kier molecular flexibility index (Phi) is 6.73. The highest BCUT2D eigenvalue weighted by Gasteiger charge is 2.26. The molecule has 0 bridgehead atoms. The Morgan fingerprint density at radius 3 is 2.53 bits per heavy atom. The van der Waals surface area contributed by atoms with Crippen molar-refractivity contribution in [3.63, 3.8) is 0 Å². The van der Waals surface area contributed by atoms with E-state index in [0.29, 0.717) is 23.5 Å². The van der Waals surface area contributed by atoms with Gasteiger partial charge in [0.2, 0.25) is 16.8 Å². The van der Waals surface area contributed by atoms with Crippen molar-refractivity contribution in [1.29, 1.82) is 0 Å². The molecule has 0 aliphatic carbocycles. The minimum Gasteiger partial charge on any atom is -0.454 e. The summed E-state index contributed by atoms with van der Waals surface area (Å²) in [5, 5.41) is 3.95.